The summed E-state index contributed by atoms with van der Waals surface area (Å²) in [5, 5.41) is 3.52. The van der Waals surface area contributed by atoms with Crippen molar-refractivity contribution >= 4 is 6.08 Å². The lowest BCUT2D eigenvalue weighted by atomic mass is 10.0. The first-order valence-electron chi connectivity index (χ1n) is 6.86. The Kier molecular flexibility index (Phi) is 6.08. The molecule has 0 aliphatic rings. The van der Waals surface area contributed by atoms with E-state index < -0.39 is 0 Å². The summed E-state index contributed by atoms with van der Waals surface area (Å²) < 4.78 is 10.2. The monoisotopic (exact) mass is 271 g/mol. The molecule has 0 amide bonds. The molecular weight excluding hydrogens is 250 g/mol. The third-order valence-corrected chi connectivity index (χ3v) is 3.12. The van der Waals surface area contributed by atoms with Crippen LogP contribution in [0.2, 0.25) is 0 Å². The Morgan fingerprint density at radius 1 is 1.25 bits per heavy atom. The van der Waals surface area contributed by atoms with Crippen LogP contribution in [0.3, 0.4) is 0 Å². The number of furan rings is 1. The van der Waals surface area contributed by atoms with Gasteiger partial charge in [0.15, 0.2) is 0 Å². The minimum absolute atomic E-state index is 0.300. The van der Waals surface area contributed by atoms with Crippen molar-refractivity contribution in [2.45, 2.75) is 12.5 Å². The Morgan fingerprint density at radius 2 is 2.10 bits per heavy atom. The van der Waals surface area contributed by atoms with Crippen molar-refractivity contribution in [1.29, 1.82) is 0 Å². The van der Waals surface area contributed by atoms with E-state index in [1.807, 2.05) is 12.1 Å². The Morgan fingerprint density at radius 3 is 2.80 bits per heavy atom. The van der Waals surface area contributed by atoms with Crippen LogP contribution in [0.25, 0.3) is 6.08 Å². The van der Waals surface area contributed by atoms with Crippen LogP contribution < -0.4 is 5.32 Å². The van der Waals surface area contributed by atoms with Crippen molar-refractivity contribution < 1.29 is 9.15 Å². The predicted octanol–water partition coefficient (Wildman–Crippen LogP) is 3.66. The normalized spacial score (nSPS) is 12.8. The highest BCUT2D eigenvalue weighted by Crippen LogP contribution is 2.17. The molecule has 106 valence electrons. The maximum Gasteiger partial charge on any atom is 0.0974 e. The number of hydrogen-bond donors (Lipinski definition) is 1. The van der Waals surface area contributed by atoms with Gasteiger partial charge in [-0.15, -0.1) is 0 Å². The molecular formula is C17H21NO2. The highest BCUT2D eigenvalue weighted by atomic mass is 16.5. The second kappa shape index (κ2) is 8.35. The number of hydrogen-bond acceptors (Lipinski definition) is 3. The Labute approximate surface area is 120 Å². The standard InChI is InChI=1S/C17H21NO2/c1-19-13-11-18-17(16-7-3-2-4-8-16)9-5-6-15-10-12-20-14-15/h2-8,10,12,14,17-18H,9,11,13H2,1H3/b6-5+. The van der Waals surface area contributed by atoms with E-state index in [2.05, 4.69) is 41.7 Å². The average molecular weight is 271 g/mol. The molecule has 20 heavy (non-hydrogen) atoms. The summed E-state index contributed by atoms with van der Waals surface area (Å²) >= 11 is 0. The van der Waals surface area contributed by atoms with Gasteiger partial charge >= 0.3 is 0 Å². The second-order valence-electron chi connectivity index (χ2n) is 4.60. The number of rotatable bonds is 8. The lowest BCUT2D eigenvalue weighted by Crippen LogP contribution is -2.24. The fraction of sp³-hybridized carbons (Fsp3) is 0.294. The molecule has 0 aliphatic carbocycles. The molecule has 1 atom stereocenters. The van der Waals surface area contributed by atoms with Crippen LogP contribution >= 0.6 is 0 Å². The van der Waals surface area contributed by atoms with Crippen molar-refractivity contribution in [1.82, 2.24) is 5.32 Å². The first-order chi connectivity index (χ1) is 9.90. The largest absolute Gasteiger partial charge is 0.472 e. The Bertz CT molecular complexity index is 491. The third kappa shape index (κ3) is 4.68. The van der Waals surface area contributed by atoms with Crippen molar-refractivity contribution in [3.8, 4) is 0 Å². The van der Waals surface area contributed by atoms with Gasteiger partial charge in [-0.1, -0.05) is 42.5 Å². The zero-order valence-corrected chi connectivity index (χ0v) is 11.8. The molecule has 1 aromatic heterocycles. The summed E-state index contributed by atoms with van der Waals surface area (Å²) in [6.07, 6.45) is 8.61. The van der Waals surface area contributed by atoms with Gasteiger partial charge in [-0.05, 0) is 18.1 Å². The molecule has 3 heteroatoms. The SMILES string of the molecule is COCCNC(C/C=C/c1ccoc1)c1ccccc1. The smallest absolute Gasteiger partial charge is 0.0974 e. The summed E-state index contributed by atoms with van der Waals surface area (Å²) in [6, 6.07) is 12.7. The van der Waals surface area contributed by atoms with E-state index in [1.165, 1.54) is 5.56 Å². The Balaban J connectivity index is 1.95. The number of benzene rings is 1. The summed E-state index contributed by atoms with van der Waals surface area (Å²) in [6.45, 7) is 1.56. The van der Waals surface area contributed by atoms with Gasteiger partial charge in [0.25, 0.3) is 0 Å². The van der Waals surface area contributed by atoms with Crippen molar-refractivity contribution in [3.05, 3.63) is 66.1 Å². The molecule has 3 nitrogen and oxygen atoms in total. The molecule has 0 saturated heterocycles. The van der Waals surface area contributed by atoms with Crippen LogP contribution in [0.5, 0.6) is 0 Å². The van der Waals surface area contributed by atoms with Gasteiger partial charge in [0.05, 0.1) is 19.1 Å². The summed E-state index contributed by atoms with van der Waals surface area (Å²) in [7, 11) is 1.72. The topological polar surface area (TPSA) is 34.4 Å². The van der Waals surface area contributed by atoms with E-state index in [-0.39, 0.29) is 0 Å². The highest BCUT2D eigenvalue weighted by molar-refractivity contribution is 5.47. The average Bonchev–Trinajstić information content (AvgIpc) is 3.00. The lowest BCUT2D eigenvalue weighted by molar-refractivity contribution is 0.196. The van der Waals surface area contributed by atoms with Crippen LogP contribution in [0, 0.1) is 0 Å². The van der Waals surface area contributed by atoms with Crippen LogP contribution in [0.1, 0.15) is 23.6 Å². The molecule has 0 radical (unpaired) electrons. The molecule has 1 heterocycles. The van der Waals surface area contributed by atoms with Gasteiger partial charge in [-0.25, -0.2) is 0 Å². The van der Waals surface area contributed by atoms with Crippen LogP contribution in [0.15, 0.2) is 59.4 Å². The predicted molar refractivity (Wildman–Crippen MR) is 81.4 cm³/mol. The van der Waals surface area contributed by atoms with E-state index >= 15 is 0 Å². The molecule has 0 saturated carbocycles. The molecule has 1 N–H and O–H groups in total. The molecule has 0 fully saturated rings. The third-order valence-electron chi connectivity index (χ3n) is 3.12. The van der Waals surface area contributed by atoms with Gasteiger partial charge in [0, 0.05) is 25.3 Å². The first kappa shape index (κ1) is 14.6. The maximum absolute atomic E-state index is 5.10. The quantitative estimate of drug-likeness (QED) is 0.744. The van der Waals surface area contributed by atoms with E-state index in [0.717, 1.165) is 25.1 Å². The van der Waals surface area contributed by atoms with E-state index in [1.54, 1.807) is 19.6 Å². The number of methoxy groups -OCH3 is 1. The van der Waals surface area contributed by atoms with Crippen molar-refractivity contribution in [3.63, 3.8) is 0 Å². The van der Waals surface area contributed by atoms with E-state index in [0.29, 0.717) is 6.04 Å². The molecule has 0 aliphatic heterocycles. The molecule has 1 unspecified atom stereocenters. The van der Waals surface area contributed by atoms with Crippen molar-refractivity contribution in [2.75, 3.05) is 20.3 Å². The fourth-order valence-corrected chi connectivity index (χ4v) is 2.07. The number of nitrogens with one attached hydrogen (secondary N) is 1. The summed E-state index contributed by atoms with van der Waals surface area (Å²) in [5.74, 6) is 0. The zero-order valence-electron chi connectivity index (χ0n) is 11.8. The van der Waals surface area contributed by atoms with Crippen LogP contribution in [-0.2, 0) is 4.74 Å². The van der Waals surface area contributed by atoms with Crippen LogP contribution in [-0.4, -0.2) is 20.3 Å². The lowest BCUT2D eigenvalue weighted by Gasteiger charge is -2.17. The van der Waals surface area contributed by atoms with Gasteiger partial charge < -0.3 is 14.5 Å². The highest BCUT2D eigenvalue weighted by Gasteiger charge is 2.08. The second-order valence-corrected chi connectivity index (χ2v) is 4.60. The van der Waals surface area contributed by atoms with Gasteiger partial charge in [-0.2, -0.15) is 0 Å². The fourth-order valence-electron chi connectivity index (χ4n) is 2.07. The molecule has 0 spiro atoms. The summed E-state index contributed by atoms with van der Waals surface area (Å²) in [5.41, 5.74) is 2.38. The molecule has 1 aromatic carbocycles. The molecule has 0 bridgehead atoms. The van der Waals surface area contributed by atoms with E-state index in [9.17, 15) is 0 Å². The zero-order chi connectivity index (χ0) is 14.0. The number of ether oxygens (including phenoxy) is 1. The van der Waals surface area contributed by atoms with Gasteiger partial charge in [0.1, 0.15) is 0 Å². The summed E-state index contributed by atoms with van der Waals surface area (Å²) in [4.78, 5) is 0. The van der Waals surface area contributed by atoms with Gasteiger partial charge in [0.2, 0.25) is 0 Å². The minimum Gasteiger partial charge on any atom is -0.472 e. The van der Waals surface area contributed by atoms with E-state index in [4.69, 9.17) is 9.15 Å². The van der Waals surface area contributed by atoms with Gasteiger partial charge in [-0.3, -0.25) is 0 Å². The molecule has 2 rings (SSSR count). The van der Waals surface area contributed by atoms with Crippen molar-refractivity contribution in [2.24, 2.45) is 0 Å². The first-order valence-corrected chi connectivity index (χ1v) is 6.86. The van der Waals surface area contributed by atoms with Crippen LogP contribution in [0.4, 0.5) is 0 Å². The molecule has 2 aromatic rings. The maximum atomic E-state index is 5.10. The Hall–Kier alpha value is -1.84. The minimum atomic E-state index is 0.300.